The third-order valence-corrected chi connectivity index (χ3v) is 3.60. The van der Waals surface area contributed by atoms with Gasteiger partial charge in [0, 0.05) is 4.91 Å². The SMILES string of the molecule is CCOP(=O)(OCC)OC(C#N)/C=C/C=C/[C@@H](C)N=[N+]=[N-]. The number of rotatable bonds is 10. The van der Waals surface area contributed by atoms with E-state index in [9.17, 15) is 4.57 Å². The monoisotopic (exact) mass is 314 g/mol. The first-order valence-corrected chi connectivity index (χ1v) is 7.83. The summed E-state index contributed by atoms with van der Waals surface area (Å²) < 4.78 is 27.0. The zero-order valence-corrected chi connectivity index (χ0v) is 13.1. The Balaban J connectivity index is 4.68. The van der Waals surface area contributed by atoms with Crippen LogP contribution < -0.4 is 0 Å². The zero-order chi connectivity index (χ0) is 16.1. The minimum atomic E-state index is -3.73. The number of nitrogens with zero attached hydrogens (tertiary/aromatic N) is 4. The molecule has 0 aliphatic heterocycles. The van der Waals surface area contributed by atoms with Crippen LogP contribution in [0.1, 0.15) is 20.8 Å². The van der Waals surface area contributed by atoms with Crippen molar-refractivity contribution in [2.75, 3.05) is 13.2 Å². The second-order valence-corrected chi connectivity index (χ2v) is 5.27. The van der Waals surface area contributed by atoms with Crippen molar-refractivity contribution in [1.29, 1.82) is 5.26 Å². The van der Waals surface area contributed by atoms with Gasteiger partial charge in [-0.3, -0.25) is 13.6 Å². The normalized spacial score (nSPS) is 14.8. The summed E-state index contributed by atoms with van der Waals surface area (Å²) in [6.07, 6.45) is 5.08. The van der Waals surface area contributed by atoms with Gasteiger partial charge in [0.05, 0.1) is 25.3 Å². The topological polar surface area (TPSA) is 117 Å². The lowest BCUT2D eigenvalue weighted by atomic mass is 10.3. The third kappa shape index (κ3) is 9.03. The summed E-state index contributed by atoms with van der Waals surface area (Å²) in [5, 5.41) is 12.4. The quantitative estimate of drug-likeness (QED) is 0.199. The number of azide groups is 1. The van der Waals surface area contributed by atoms with Crippen LogP contribution in [-0.4, -0.2) is 25.4 Å². The number of hydrogen-bond donors (Lipinski definition) is 0. The fourth-order valence-electron chi connectivity index (χ4n) is 1.17. The molecule has 0 aromatic carbocycles. The van der Waals surface area contributed by atoms with Crippen LogP contribution in [0.2, 0.25) is 0 Å². The first-order chi connectivity index (χ1) is 10.0. The maximum absolute atomic E-state index is 12.1. The molecule has 0 amide bonds. The van der Waals surface area contributed by atoms with Crippen molar-refractivity contribution >= 4 is 7.82 Å². The highest BCUT2D eigenvalue weighted by Gasteiger charge is 2.28. The molecule has 8 nitrogen and oxygen atoms in total. The van der Waals surface area contributed by atoms with Gasteiger partial charge >= 0.3 is 7.82 Å². The molecule has 0 aliphatic carbocycles. The molecule has 0 aliphatic rings. The first-order valence-electron chi connectivity index (χ1n) is 6.37. The molecule has 0 radical (unpaired) electrons. The molecule has 0 saturated carbocycles. The van der Waals surface area contributed by atoms with Gasteiger partial charge < -0.3 is 0 Å². The lowest BCUT2D eigenvalue weighted by Crippen LogP contribution is -2.09. The van der Waals surface area contributed by atoms with E-state index in [-0.39, 0.29) is 19.3 Å². The molecule has 1 unspecified atom stereocenters. The molecule has 2 atom stereocenters. The van der Waals surface area contributed by atoms with Crippen LogP contribution in [0.25, 0.3) is 10.4 Å². The molecule has 0 N–H and O–H groups in total. The minimum absolute atomic E-state index is 0.142. The first kappa shape index (κ1) is 19.4. The van der Waals surface area contributed by atoms with E-state index in [2.05, 4.69) is 10.0 Å². The van der Waals surface area contributed by atoms with E-state index in [0.717, 1.165) is 0 Å². The lowest BCUT2D eigenvalue weighted by molar-refractivity contribution is 0.116. The van der Waals surface area contributed by atoms with Gasteiger partial charge in [-0.15, -0.1) is 0 Å². The number of phosphoric acid groups is 1. The molecular weight excluding hydrogens is 295 g/mol. The predicted octanol–water partition coefficient (Wildman–Crippen LogP) is 3.89. The second-order valence-electron chi connectivity index (χ2n) is 3.65. The van der Waals surface area contributed by atoms with Gasteiger partial charge in [0.15, 0.2) is 6.10 Å². The highest BCUT2D eigenvalue weighted by atomic mass is 31.2. The van der Waals surface area contributed by atoms with E-state index < -0.39 is 13.9 Å². The summed E-state index contributed by atoms with van der Waals surface area (Å²) in [4.78, 5) is 2.66. The Morgan fingerprint density at radius 3 is 2.38 bits per heavy atom. The van der Waals surface area contributed by atoms with E-state index in [0.29, 0.717) is 0 Å². The molecule has 0 saturated heterocycles. The fraction of sp³-hybridized carbons (Fsp3) is 0.583. The molecule has 0 aromatic heterocycles. The van der Waals surface area contributed by atoms with E-state index in [4.69, 9.17) is 24.4 Å². The average molecular weight is 314 g/mol. The Hall–Kier alpha value is -1.61. The standard InChI is InChI=1S/C12H19N4O4P/c1-4-18-21(17,19-5-2)20-12(10-13)9-7-6-8-11(3)15-16-14/h6-9,11-12H,4-5H2,1-3H3/b8-6+,9-7+/t11-,12?/m1/s1. The summed E-state index contributed by atoms with van der Waals surface area (Å²) in [6.45, 7) is 5.28. The average Bonchev–Trinajstić information content (AvgIpc) is 2.43. The molecule has 0 spiro atoms. The van der Waals surface area contributed by atoms with Gasteiger partial charge in [-0.25, -0.2) is 4.57 Å². The van der Waals surface area contributed by atoms with Crippen molar-refractivity contribution in [1.82, 2.24) is 0 Å². The number of hydrogen-bond acceptors (Lipinski definition) is 6. The van der Waals surface area contributed by atoms with Crippen molar-refractivity contribution < 1.29 is 18.1 Å². The van der Waals surface area contributed by atoms with E-state index in [1.165, 1.54) is 12.2 Å². The molecule has 0 aromatic rings. The van der Waals surface area contributed by atoms with Crippen LogP contribution in [0, 0.1) is 11.3 Å². The summed E-state index contributed by atoms with van der Waals surface area (Å²) in [5.74, 6) is 0. The highest BCUT2D eigenvalue weighted by molar-refractivity contribution is 7.48. The van der Waals surface area contributed by atoms with Gasteiger partial charge in [-0.2, -0.15) is 5.26 Å². The summed E-state index contributed by atoms with van der Waals surface area (Å²) in [7, 11) is -3.73. The number of allylic oxidation sites excluding steroid dienone is 2. The van der Waals surface area contributed by atoms with Gasteiger partial charge in [0.25, 0.3) is 0 Å². The molecule has 116 valence electrons. The fourth-order valence-corrected chi connectivity index (χ4v) is 2.39. The maximum atomic E-state index is 12.1. The van der Waals surface area contributed by atoms with Gasteiger partial charge in [0.1, 0.15) is 0 Å². The number of nitriles is 1. The van der Waals surface area contributed by atoms with Crippen LogP contribution in [-0.2, 0) is 18.1 Å². The Kier molecular flexibility index (Phi) is 10.2. The Morgan fingerprint density at radius 2 is 1.90 bits per heavy atom. The molecule has 0 heterocycles. The third-order valence-electron chi connectivity index (χ3n) is 1.96. The van der Waals surface area contributed by atoms with Crippen molar-refractivity contribution in [2.45, 2.75) is 32.9 Å². The van der Waals surface area contributed by atoms with Crippen molar-refractivity contribution in [3.8, 4) is 6.07 Å². The summed E-state index contributed by atoms with van der Waals surface area (Å²) in [6, 6.07) is 1.52. The van der Waals surface area contributed by atoms with Crippen LogP contribution >= 0.6 is 7.82 Å². The van der Waals surface area contributed by atoms with Crippen LogP contribution in [0.4, 0.5) is 0 Å². The Bertz CT molecular complexity index is 484. The van der Waals surface area contributed by atoms with Crippen LogP contribution in [0.15, 0.2) is 29.4 Å². The largest absolute Gasteiger partial charge is 0.476 e. The lowest BCUT2D eigenvalue weighted by Gasteiger charge is -2.17. The van der Waals surface area contributed by atoms with E-state index in [1.54, 1.807) is 32.9 Å². The molecular formula is C12H19N4O4P. The molecule has 0 fully saturated rings. The highest BCUT2D eigenvalue weighted by Crippen LogP contribution is 2.50. The van der Waals surface area contributed by atoms with Gasteiger partial charge in [-0.1, -0.05) is 30.3 Å². The van der Waals surface area contributed by atoms with E-state index >= 15 is 0 Å². The van der Waals surface area contributed by atoms with E-state index in [1.807, 2.05) is 6.07 Å². The van der Waals surface area contributed by atoms with Gasteiger partial charge in [0.2, 0.25) is 0 Å². The predicted molar refractivity (Wildman–Crippen MR) is 78.2 cm³/mol. The van der Waals surface area contributed by atoms with Crippen molar-refractivity contribution in [2.24, 2.45) is 5.11 Å². The van der Waals surface area contributed by atoms with Crippen LogP contribution in [0.3, 0.4) is 0 Å². The molecule has 9 heteroatoms. The smallest absolute Gasteiger partial charge is 0.287 e. The van der Waals surface area contributed by atoms with Crippen molar-refractivity contribution in [3.05, 3.63) is 34.7 Å². The van der Waals surface area contributed by atoms with Crippen molar-refractivity contribution in [3.63, 3.8) is 0 Å². The zero-order valence-electron chi connectivity index (χ0n) is 12.2. The maximum Gasteiger partial charge on any atom is 0.476 e. The Morgan fingerprint density at radius 1 is 1.33 bits per heavy atom. The second kappa shape index (κ2) is 11.1. The molecule has 0 bridgehead atoms. The minimum Gasteiger partial charge on any atom is -0.287 e. The van der Waals surface area contributed by atoms with Crippen LogP contribution in [0.5, 0.6) is 0 Å². The number of phosphoric ester groups is 1. The molecule has 21 heavy (non-hydrogen) atoms. The Labute approximate surface area is 124 Å². The molecule has 0 rings (SSSR count). The summed E-state index contributed by atoms with van der Waals surface area (Å²) in [5.41, 5.74) is 8.23. The summed E-state index contributed by atoms with van der Waals surface area (Å²) >= 11 is 0. The van der Waals surface area contributed by atoms with Gasteiger partial charge in [-0.05, 0) is 25.5 Å².